The van der Waals surface area contributed by atoms with Crippen LogP contribution in [0.4, 0.5) is 13.2 Å². The van der Waals surface area contributed by atoms with E-state index in [9.17, 15) is 13.2 Å². The largest absolute Gasteiger partial charge is 0.434 e. The molecule has 6 heteroatoms. The molecule has 3 rings (SSSR count). The van der Waals surface area contributed by atoms with Gasteiger partial charge in [-0.25, -0.2) is 4.98 Å². The molecule has 1 aromatic heterocycles. The number of halogens is 4. The van der Waals surface area contributed by atoms with Crippen molar-refractivity contribution in [3.8, 4) is 11.4 Å². The standard InChI is InChI=1S/C13H10BrF3N2/c14-10-5-4-9(7-2-1-3-8(7)10)12-18-6-11(19-12)13(15,16)17/h4-6H,1-3H2,(H,18,19). The molecule has 0 radical (unpaired) electrons. The summed E-state index contributed by atoms with van der Waals surface area (Å²) in [5.41, 5.74) is 2.17. The van der Waals surface area contributed by atoms with Crippen molar-refractivity contribution in [2.45, 2.75) is 25.4 Å². The topological polar surface area (TPSA) is 28.7 Å². The summed E-state index contributed by atoms with van der Waals surface area (Å²) in [6.45, 7) is 0. The Hall–Kier alpha value is -1.30. The van der Waals surface area contributed by atoms with E-state index in [1.807, 2.05) is 12.1 Å². The molecule has 0 saturated heterocycles. The Labute approximate surface area is 116 Å². The van der Waals surface area contributed by atoms with Crippen LogP contribution in [0.2, 0.25) is 0 Å². The third-order valence-electron chi connectivity index (χ3n) is 3.35. The Morgan fingerprint density at radius 1 is 1.16 bits per heavy atom. The molecule has 19 heavy (non-hydrogen) atoms. The summed E-state index contributed by atoms with van der Waals surface area (Å²) in [6.07, 6.45) is -0.632. The van der Waals surface area contributed by atoms with Crippen molar-refractivity contribution in [2.24, 2.45) is 0 Å². The van der Waals surface area contributed by atoms with E-state index in [0.29, 0.717) is 0 Å². The van der Waals surface area contributed by atoms with Crippen LogP contribution in [0.15, 0.2) is 22.8 Å². The minimum absolute atomic E-state index is 0.290. The summed E-state index contributed by atoms with van der Waals surface area (Å²) in [6, 6.07) is 3.68. The molecule has 0 spiro atoms. The molecule has 2 nitrogen and oxygen atoms in total. The number of aromatic amines is 1. The number of imidazole rings is 1. The molecule has 1 N–H and O–H groups in total. The van der Waals surface area contributed by atoms with Gasteiger partial charge in [0.1, 0.15) is 5.82 Å². The Morgan fingerprint density at radius 2 is 1.89 bits per heavy atom. The van der Waals surface area contributed by atoms with Crippen LogP contribution in [0.5, 0.6) is 0 Å². The van der Waals surface area contributed by atoms with Crippen molar-refractivity contribution in [3.63, 3.8) is 0 Å². The van der Waals surface area contributed by atoms with E-state index < -0.39 is 11.9 Å². The lowest BCUT2D eigenvalue weighted by molar-refractivity contribution is -0.140. The molecule has 1 aliphatic carbocycles. The van der Waals surface area contributed by atoms with Crippen LogP contribution in [0.25, 0.3) is 11.4 Å². The van der Waals surface area contributed by atoms with Gasteiger partial charge in [-0.1, -0.05) is 15.9 Å². The van der Waals surface area contributed by atoms with Gasteiger partial charge in [0, 0.05) is 16.2 Å². The molecule has 1 aromatic carbocycles. The molecule has 0 saturated carbocycles. The zero-order valence-corrected chi connectivity index (χ0v) is 11.4. The highest BCUT2D eigenvalue weighted by Crippen LogP contribution is 2.37. The monoisotopic (exact) mass is 330 g/mol. The number of hydrogen-bond donors (Lipinski definition) is 1. The lowest BCUT2D eigenvalue weighted by atomic mass is 10.0. The third-order valence-corrected chi connectivity index (χ3v) is 4.09. The lowest BCUT2D eigenvalue weighted by Crippen LogP contribution is -2.05. The summed E-state index contributed by atoms with van der Waals surface area (Å²) < 4.78 is 38.7. The first-order valence-electron chi connectivity index (χ1n) is 5.90. The van der Waals surface area contributed by atoms with E-state index in [0.717, 1.165) is 41.1 Å². The first-order chi connectivity index (χ1) is 8.97. The fraction of sp³-hybridized carbons (Fsp3) is 0.308. The second kappa shape index (κ2) is 4.37. The van der Waals surface area contributed by atoms with Crippen molar-refractivity contribution < 1.29 is 13.2 Å². The molecule has 0 fully saturated rings. The summed E-state index contributed by atoms with van der Waals surface area (Å²) in [5.74, 6) is 0.290. The zero-order chi connectivity index (χ0) is 13.6. The van der Waals surface area contributed by atoms with Crippen molar-refractivity contribution in [3.05, 3.63) is 39.6 Å². The number of nitrogens with zero attached hydrogens (tertiary/aromatic N) is 1. The minimum Gasteiger partial charge on any atom is -0.344 e. The SMILES string of the molecule is FC(F)(F)c1c[nH]c(-c2ccc(Br)c3c2CCC3)n1. The Morgan fingerprint density at radius 3 is 2.58 bits per heavy atom. The minimum atomic E-state index is -4.41. The van der Waals surface area contributed by atoms with Crippen molar-refractivity contribution >= 4 is 15.9 Å². The number of H-pyrrole nitrogens is 1. The van der Waals surface area contributed by atoms with Gasteiger partial charge in [0.2, 0.25) is 0 Å². The number of aromatic nitrogens is 2. The fourth-order valence-corrected chi connectivity index (χ4v) is 3.06. The van der Waals surface area contributed by atoms with Gasteiger partial charge in [-0.15, -0.1) is 0 Å². The van der Waals surface area contributed by atoms with E-state index in [1.165, 1.54) is 5.56 Å². The van der Waals surface area contributed by atoms with E-state index in [1.54, 1.807) is 0 Å². The molecule has 1 heterocycles. The van der Waals surface area contributed by atoms with Gasteiger partial charge in [0.05, 0.1) is 0 Å². The van der Waals surface area contributed by atoms with E-state index in [-0.39, 0.29) is 5.82 Å². The maximum Gasteiger partial charge on any atom is 0.434 e. The smallest absolute Gasteiger partial charge is 0.344 e. The maximum atomic E-state index is 12.6. The first-order valence-corrected chi connectivity index (χ1v) is 6.69. The van der Waals surface area contributed by atoms with Crippen LogP contribution >= 0.6 is 15.9 Å². The Kier molecular flexibility index (Phi) is 2.92. The molecule has 0 amide bonds. The van der Waals surface area contributed by atoms with Crippen LogP contribution in [-0.4, -0.2) is 9.97 Å². The average molecular weight is 331 g/mol. The van der Waals surface area contributed by atoms with Gasteiger partial charge >= 0.3 is 6.18 Å². The second-order valence-corrected chi connectivity index (χ2v) is 5.39. The number of fused-ring (bicyclic) bond motifs is 1. The molecule has 0 aliphatic heterocycles. The molecular formula is C13H10BrF3N2. The Bertz CT molecular complexity index is 631. The predicted octanol–water partition coefficient (Wildman–Crippen LogP) is 4.35. The third kappa shape index (κ3) is 2.18. The second-order valence-electron chi connectivity index (χ2n) is 4.54. The highest BCUT2D eigenvalue weighted by Gasteiger charge is 2.34. The average Bonchev–Trinajstić information content (AvgIpc) is 2.97. The normalized spacial score (nSPS) is 14.7. The number of alkyl halides is 3. The molecule has 0 unspecified atom stereocenters. The van der Waals surface area contributed by atoms with Crippen LogP contribution in [0, 0.1) is 0 Å². The summed E-state index contributed by atoms with van der Waals surface area (Å²) in [4.78, 5) is 6.29. The van der Waals surface area contributed by atoms with Crippen molar-refractivity contribution in [1.82, 2.24) is 9.97 Å². The predicted molar refractivity (Wildman–Crippen MR) is 68.8 cm³/mol. The first kappa shape index (κ1) is 12.7. The van der Waals surface area contributed by atoms with Gasteiger partial charge in [0.15, 0.2) is 5.69 Å². The van der Waals surface area contributed by atoms with Crippen LogP contribution in [0.1, 0.15) is 23.2 Å². The molecule has 0 atom stereocenters. The van der Waals surface area contributed by atoms with Crippen molar-refractivity contribution in [2.75, 3.05) is 0 Å². The molecule has 2 aromatic rings. The lowest BCUT2D eigenvalue weighted by Gasteiger charge is -2.08. The van der Waals surface area contributed by atoms with E-state index in [4.69, 9.17) is 0 Å². The fourth-order valence-electron chi connectivity index (χ4n) is 2.49. The van der Waals surface area contributed by atoms with Crippen molar-refractivity contribution in [1.29, 1.82) is 0 Å². The number of rotatable bonds is 1. The van der Waals surface area contributed by atoms with Gasteiger partial charge in [0.25, 0.3) is 0 Å². The summed E-state index contributed by atoms with van der Waals surface area (Å²) in [7, 11) is 0. The number of nitrogens with one attached hydrogen (secondary N) is 1. The zero-order valence-electron chi connectivity index (χ0n) is 9.81. The number of hydrogen-bond acceptors (Lipinski definition) is 1. The van der Waals surface area contributed by atoms with Gasteiger partial charge in [-0.3, -0.25) is 0 Å². The van der Waals surface area contributed by atoms with Gasteiger partial charge in [-0.05, 0) is 42.5 Å². The molecule has 1 aliphatic rings. The van der Waals surface area contributed by atoms with Crippen LogP contribution in [0.3, 0.4) is 0 Å². The van der Waals surface area contributed by atoms with Crippen LogP contribution < -0.4 is 0 Å². The van der Waals surface area contributed by atoms with Crippen LogP contribution in [-0.2, 0) is 19.0 Å². The Balaban J connectivity index is 2.09. The quantitative estimate of drug-likeness (QED) is 0.827. The maximum absolute atomic E-state index is 12.6. The number of benzene rings is 1. The molecular weight excluding hydrogens is 321 g/mol. The van der Waals surface area contributed by atoms with E-state index >= 15 is 0 Å². The highest BCUT2D eigenvalue weighted by molar-refractivity contribution is 9.10. The summed E-state index contributed by atoms with van der Waals surface area (Å²) in [5, 5.41) is 0. The van der Waals surface area contributed by atoms with Gasteiger partial charge < -0.3 is 4.98 Å². The van der Waals surface area contributed by atoms with E-state index in [2.05, 4.69) is 25.9 Å². The molecule has 100 valence electrons. The summed E-state index contributed by atoms with van der Waals surface area (Å²) >= 11 is 3.48. The highest BCUT2D eigenvalue weighted by atomic mass is 79.9. The van der Waals surface area contributed by atoms with Gasteiger partial charge in [-0.2, -0.15) is 13.2 Å². The molecule has 0 bridgehead atoms.